The van der Waals surface area contributed by atoms with Gasteiger partial charge in [-0.15, -0.1) is 0 Å². The highest BCUT2D eigenvalue weighted by molar-refractivity contribution is 6.30. The molecule has 1 aliphatic heterocycles. The van der Waals surface area contributed by atoms with E-state index in [1.807, 2.05) is 31.2 Å². The van der Waals surface area contributed by atoms with Gasteiger partial charge in [0.2, 0.25) is 0 Å². The molecular formula is C37H35ClF3N3O9. The van der Waals surface area contributed by atoms with Crippen LogP contribution in [0.3, 0.4) is 0 Å². The van der Waals surface area contributed by atoms with Crippen LogP contribution in [0.2, 0.25) is 5.02 Å². The van der Waals surface area contributed by atoms with E-state index in [0.29, 0.717) is 16.8 Å². The van der Waals surface area contributed by atoms with Crippen molar-refractivity contribution < 1.29 is 56.0 Å². The van der Waals surface area contributed by atoms with Crippen LogP contribution in [0.5, 0.6) is 0 Å². The zero-order valence-electron chi connectivity index (χ0n) is 28.4. The molecule has 0 radical (unpaired) electrons. The van der Waals surface area contributed by atoms with E-state index in [4.69, 9.17) is 40.0 Å². The van der Waals surface area contributed by atoms with Gasteiger partial charge in [-0.1, -0.05) is 41.4 Å². The van der Waals surface area contributed by atoms with E-state index in [1.165, 1.54) is 12.1 Å². The molecule has 4 aromatic rings. The number of hydrogen-bond donors (Lipinski definition) is 3. The summed E-state index contributed by atoms with van der Waals surface area (Å²) in [4.78, 5) is 39.5. The first-order valence-corrected chi connectivity index (χ1v) is 16.6. The summed E-state index contributed by atoms with van der Waals surface area (Å²) in [6, 6.07) is 20.8. The van der Waals surface area contributed by atoms with Crippen molar-refractivity contribution in [3.63, 3.8) is 0 Å². The van der Waals surface area contributed by atoms with E-state index in [-0.39, 0.29) is 18.9 Å². The molecule has 0 bridgehead atoms. The summed E-state index contributed by atoms with van der Waals surface area (Å²) in [5.41, 5.74) is 1.82. The molecule has 5 rings (SSSR count). The van der Waals surface area contributed by atoms with Gasteiger partial charge in [0.05, 0.1) is 12.3 Å². The van der Waals surface area contributed by atoms with Crippen LogP contribution >= 0.6 is 11.6 Å². The Morgan fingerprint density at radius 2 is 1.32 bits per heavy atom. The van der Waals surface area contributed by atoms with Crippen molar-refractivity contribution in [3.05, 3.63) is 125 Å². The second kappa shape index (κ2) is 18.4. The minimum absolute atomic E-state index is 0.0505. The van der Waals surface area contributed by atoms with Gasteiger partial charge in [-0.25, -0.2) is 27.6 Å². The molecule has 1 aliphatic rings. The molecule has 4 aromatic carbocycles. The number of benzene rings is 4. The Balaban J connectivity index is 1.45. The summed E-state index contributed by atoms with van der Waals surface area (Å²) in [5.74, 6) is -2.51. The monoisotopic (exact) mass is 757 g/mol. The maximum absolute atomic E-state index is 14.5. The van der Waals surface area contributed by atoms with E-state index in [0.717, 1.165) is 35.4 Å². The number of amides is 3. The molecule has 0 aliphatic carbocycles. The lowest BCUT2D eigenvalue weighted by atomic mass is 9.98. The van der Waals surface area contributed by atoms with Gasteiger partial charge in [0, 0.05) is 29.1 Å². The van der Waals surface area contributed by atoms with Crippen LogP contribution < -0.4 is 16.0 Å². The summed E-state index contributed by atoms with van der Waals surface area (Å²) in [6.07, 6.45) is -10.4. The second-order valence-corrected chi connectivity index (χ2v) is 12.0. The Hall–Kier alpha value is -5.35. The van der Waals surface area contributed by atoms with Gasteiger partial charge in [-0.3, -0.25) is 16.0 Å². The molecule has 1 saturated heterocycles. The number of hydrogen-bond acceptors (Lipinski definition) is 9. The zero-order chi connectivity index (χ0) is 37.9. The topological polar surface area (TPSA) is 143 Å². The highest BCUT2D eigenvalue weighted by Gasteiger charge is 2.52. The SMILES string of the molecule is CCO[C@H]1O[C@H](COC(=O)Nc2ccc(Cl)cc2)[C@@H](OC(=O)Nc2ccc(F)cc2)[C@H](OC(=O)Nc2ccc(F)cc2F)[C@H]1OCc1ccc(C)cc1. The summed E-state index contributed by atoms with van der Waals surface area (Å²) in [6.45, 7) is 3.04. The summed E-state index contributed by atoms with van der Waals surface area (Å²) >= 11 is 5.93. The van der Waals surface area contributed by atoms with Gasteiger partial charge in [0.1, 0.15) is 36.3 Å². The van der Waals surface area contributed by atoms with Crippen LogP contribution in [0.25, 0.3) is 0 Å². The van der Waals surface area contributed by atoms with Crippen molar-refractivity contribution in [2.45, 2.75) is 51.2 Å². The number of carbonyl (C=O) groups is 3. The fourth-order valence-electron chi connectivity index (χ4n) is 5.14. The second-order valence-electron chi connectivity index (χ2n) is 11.6. The Labute approximate surface area is 307 Å². The Bertz CT molecular complexity index is 1850. The van der Waals surface area contributed by atoms with E-state index in [9.17, 15) is 27.6 Å². The Kier molecular flexibility index (Phi) is 13.5. The fraction of sp³-hybridized carbons (Fsp3) is 0.270. The fourth-order valence-corrected chi connectivity index (χ4v) is 5.27. The van der Waals surface area contributed by atoms with Crippen LogP contribution in [0.4, 0.5) is 44.6 Å². The smallest absolute Gasteiger partial charge is 0.412 e. The lowest BCUT2D eigenvalue weighted by molar-refractivity contribution is -0.308. The van der Waals surface area contributed by atoms with Gasteiger partial charge in [0.25, 0.3) is 0 Å². The van der Waals surface area contributed by atoms with E-state index in [1.54, 1.807) is 31.2 Å². The van der Waals surface area contributed by atoms with Gasteiger partial charge in [-0.05, 0) is 80.1 Å². The molecule has 3 amide bonds. The number of nitrogens with one attached hydrogen (secondary N) is 3. The molecule has 1 heterocycles. The summed E-state index contributed by atoms with van der Waals surface area (Å²) in [5, 5.41) is 7.63. The quantitative estimate of drug-likeness (QED) is 0.122. The normalized spacial score (nSPS) is 19.5. The molecule has 16 heteroatoms. The molecule has 280 valence electrons. The van der Waals surface area contributed by atoms with Crippen molar-refractivity contribution in [3.8, 4) is 0 Å². The van der Waals surface area contributed by atoms with Gasteiger partial charge >= 0.3 is 18.3 Å². The third kappa shape index (κ3) is 11.3. The molecule has 0 aromatic heterocycles. The molecule has 0 spiro atoms. The maximum Gasteiger partial charge on any atom is 0.412 e. The van der Waals surface area contributed by atoms with Crippen molar-refractivity contribution in [1.82, 2.24) is 0 Å². The first-order valence-electron chi connectivity index (χ1n) is 16.3. The summed E-state index contributed by atoms with van der Waals surface area (Å²) in [7, 11) is 0. The number of anilines is 3. The van der Waals surface area contributed by atoms with Crippen LogP contribution in [0.15, 0.2) is 91.0 Å². The molecule has 3 N–H and O–H groups in total. The minimum Gasteiger partial charge on any atom is -0.446 e. The maximum atomic E-state index is 14.5. The molecule has 53 heavy (non-hydrogen) atoms. The number of halogens is 4. The lowest BCUT2D eigenvalue weighted by Crippen LogP contribution is -2.63. The van der Waals surface area contributed by atoms with Crippen LogP contribution in [0.1, 0.15) is 18.1 Å². The Morgan fingerprint density at radius 1 is 0.717 bits per heavy atom. The third-order valence-corrected chi connectivity index (χ3v) is 7.95. The molecular weight excluding hydrogens is 723 g/mol. The van der Waals surface area contributed by atoms with E-state index >= 15 is 0 Å². The summed E-state index contributed by atoms with van der Waals surface area (Å²) < 4.78 is 76.9. The first kappa shape index (κ1) is 38.9. The predicted octanol–water partition coefficient (Wildman–Crippen LogP) is 8.20. The van der Waals surface area contributed by atoms with Crippen molar-refractivity contribution in [1.29, 1.82) is 0 Å². The molecule has 0 saturated carbocycles. The number of aryl methyl sites for hydroxylation is 1. The highest BCUT2D eigenvalue weighted by atomic mass is 35.5. The van der Waals surface area contributed by atoms with Crippen molar-refractivity contribution in [2.75, 3.05) is 29.2 Å². The third-order valence-electron chi connectivity index (χ3n) is 7.70. The average molecular weight is 758 g/mol. The van der Waals surface area contributed by atoms with Crippen molar-refractivity contribution in [2.24, 2.45) is 0 Å². The predicted molar refractivity (Wildman–Crippen MR) is 187 cm³/mol. The standard InChI is InChI=1S/C37H35ClF3N3O9/c1-3-48-34-33(49-19-22-6-4-21(2)5-7-22)32(53-37(47)44-29-17-12-25(40)18-28(29)41)31(52-36(46)43-27-15-10-24(39)11-16-27)30(51-34)20-50-35(45)42-26-13-8-23(38)9-14-26/h4-18,30-34H,3,19-20H2,1-2H3,(H,42,45)(H,43,46)(H,44,47)/t30-,31-,32+,33-,34+/m1/s1. The molecule has 0 unspecified atom stereocenters. The Morgan fingerprint density at radius 3 is 1.98 bits per heavy atom. The van der Waals surface area contributed by atoms with E-state index < -0.39 is 78.7 Å². The molecule has 5 atom stereocenters. The largest absolute Gasteiger partial charge is 0.446 e. The van der Waals surface area contributed by atoms with E-state index in [2.05, 4.69) is 16.0 Å². The lowest BCUT2D eigenvalue weighted by Gasteiger charge is -2.44. The number of rotatable bonds is 12. The van der Waals surface area contributed by atoms with Crippen molar-refractivity contribution >= 4 is 46.9 Å². The van der Waals surface area contributed by atoms with Gasteiger partial charge < -0.3 is 28.4 Å². The van der Waals surface area contributed by atoms with Gasteiger partial charge in [0.15, 0.2) is 18.5 Å². The van der Waals surface area contributed by atoms with Crippen LogP contribution in [-0.2, 0) is 35.0 Å². The zero-order valence-corrected chi connectivity index (χ0v) is 29.1. The van der Waals surface area contributed by atoms with Gasteiger partial charge in [-0.2, -0.15) is 0 Å². The highest BCUT2D eigenvalue weighted by Crippen LogP contribution is 2.31. The van der Waals surface area contributed by atoms with Crippen LogP contribution in [-0.4, -0.2) is 62.2 Å². The average Bonchev–Trinajstić information content (AvgIpc) is 3.12. The first-order chi connectivity index (χ1) is 25.5. The van der Waals surface area contributed by atoms with Crippen LogP contribution in [0, 0.1) is 24.4 Å². The molecule has 1 fully saturated rings. The molecule has 12 nitrogen and oxygen atoms in total. The minimum atomic E-state index is -1.58. The number of ether oxygens (including phenoxy) is 6. The number of carbonyl (C=O) groups excluding carboxylic acids is 3.